The molecule has 0 radical (unpaired) electrons. The first kappa shape index (κ1) is 12.8. The highest BCUT2D eigenvalue weighted by atomic mass is 19.1. The van der Waals surface area contributed by atoms with E-state index < -0.39 is 11.6 Å². The minimum Gasteiger partial charge on any atom is -0.361 e. The van der Waals surface area contributed by atoms with Crippen molar-refractivity contribution in [1.29, 1.82) is 0 Å². The Labute approximate surface area is 115 Å². The Hall–Kier alpha value is -2.20. The van der Waals surface area contributed by atoms with Gasteiger partial charge in [-0.05, 0) is 29.3 Å². The molecule has 0 aliphatic rings. The fourth-order valence-electron chi connectivity index (χ4n) is 2.33. The third-order valence-corrected chi connectivity index (χ3v) is 3.24. The summed E-state index contributed by atoms with van der Waals surface area (Å²) >= 11 is 0. The van der Waals surface area contributed by atoms with Crippen LogP contribution < -0.4 is 5.32 Å². The van der Waals surface area contributed by atoms with E-state index in [1.54, 1.807) is 0 Å². The summed E-state index contributed by atoms with van der Waals surface area (Å²) in [6, 6.07) is 11.6. The molecular weight excluding hydrogens is 258 g/mol. The Balaban J connectivity index is 1.68. The van der Waals surface area contributed by atoms with E-state index in [1.165, 1.54) is 12.1 Å². The quantitative estimate of drug-likeness (QED) is 0.744. The van der Waals surface area contributed by atoms with Gasteiger partial charge in [0, 0.05) is 36.3 Å². The smallest absolute Gasteiger partial charge is 0.126 e. The Bertz CT molecular complexity index is 714. The number of aromatic nitrogens is 1. The molecule has 0 fully saturated rings. The summed E-state index contributed by atoms with van der Waals surface area (Å²) in [5.74, 6) is -1.09. The predicted octanol–water partition coefficient (Wildman–Crippen LogP) is 3.74. The van der Waals surface area contributed by atoms with E-state index in [0.29, 0.717) is 18.7 Å². The van der Waals surface area contributed by atoms with Crippen LogP contribution >= 0.6 is 0 Å². The first-order valence-electron chi connectivity index (χ1n) is 6.43. The van der Waals surface area contributed by atoms with Gasteiger partial charge in [-0.3, -0.25) is 0 Å². The van der Waals surface area contributed by atoms with Crippen LogP contribution in [0.2, 0.25) is 0 Å². The maximum Gasteiger partial charge on any atom is 0.126 e. The molecule has 0 amide bonds. The predicted molar refractivity (Wildman–Crippen MR) is 75.2 cm³/mol. The Morgan fingerprint density at radius 2 is 1.70 bits per heavy atom. The number of benzene rings is 2. The minimum absolute atomic E-state index is 0.425. The van der Waals surface area contributed by atoms with Crippen molar-refractivity contribution in [2.24, 2.45) is 0 Å². The van der Waals surface area contributed by atoms with Crippen molar-refractivity contribution >= 4 is 10.9 Å². The zero-order chi connectivity index (χ0) is 13.9. The molecule has 1 heterocycles. The summed E-state index contributed by atoms with van der Waals surface area (Å²) in [4.78, 5) is 3.20. The van der Waals surface area contributed by atoms with Crippen LogP contribution in [0, 0.1) is 11.6 Å². The largest absolute Gasteiger partial charge is 0.361 e. The molecule has 3 rings (SSSR count). The van der Waals surface area contributed by atoms with Crippen molar-refractivity contribution in [3.8, 4) is 0 Å². The van der Waals surface area contributed by atoms with Crippen LogP contribution in [-0.4, -0.2) is 4.98 Å². The number of hydrogen-bond donors (Lipinski definition) is 2. The van der Waals surface area contributed by atoms with Gasteiger partial charge >= 0.3 is 0 Å². The Morgan fingerprint density at radius 3 is 2.50 bits per heavy atom. The summed E-state index contributed by atoms with van der Waals surface area (Å²) in [6.45, 7) is 1.07. The molecule has 0 aliphatic carbocycles. The Kier molecular flexibility index (Phi) is 3.48. The lowest BCUT2D eigenvalue weighted by Crippen LogP contribution is -2.12. The maximum atomic E-state index is 13.1. The first-order chi connectivity index (χ1) is 9.72. The van der Waals surface area contributed by atoms with Gasteiger partial charge in [0.25, 0.3) is 0 Å². The van der Waals surface area contributed by atoms with Crippen molar-refractivity contribution < 1.29 is 8.78 Å². The molecule has 0 saturated carbocycles. The van der Waals surface area contributed by atoms with E-state index in [-0.39, 0.29) is 0 Å². The van der Waals surface area contributed by atoms with Gasteiger partial charge in [-0.25, -0.2) is 8.78 Å². The van der Waals surface area contributed by atoms with Crippen LogP contribution in [0.15, 0.2) is 48.7 Å². The van der Waals surface area contributed by atoms with E-state index in [9.17, 15) is 8.78 Å². The monoisotopic (exact) mass is 272 g/mol. The van der Waals surface area contributed by atoms with Crippen LogP contribution in [0.5, 0.6) is 0 Å². The fraction of sp³-hybridized carbons (Fsp3) is 0.125. The summed E-state index contributed by atoms with van der Waals surface area (Å²) in [5, 5.41) is 4.36. The second kappa shape index (κ2) is 5.43. The van der Waals surface area contributed by atoms with Crippen LogP contribution in [0.4, 0.5) is 8.78 Å². The van der Waals surface area contributed by atoms with Crippen molar-refractivity contribution in [3.05, 3.63) is 71.4 Å². The van der Waals surface area contributed by atoms with Crippen LogP contribution in [0.1, 0.15) is 11.1 Å². The lowest BCUT2D eigenvalue weighted by Gasteiger charge is -2.05. The van der Waals surface area contributed by atoms with Gasteiger partial charge in [-0.1, -0.05) is 18.2 Å². The van der Waals surface area contributed by atoms with Crippen molar-refractivity contribution in [2.75, 3.05) is 0 Å². The van der Waals surface area contributed by atoms with Crippen molar-refractivity contribution in [1.82, 2.24) is 10.3 Å². The van der Waals surface area contributed by atoms with Crippen LogP contribution in [0.25, 0.3) is 10.9 Å². The molecule has 0 unspecified atom stereocenters. The minimum atomic E-state index is -0.547. The molecule has 0 bridgehead atoms. The van der Waals surface area contributed by atoms with Gasteiger partial charge in [-0.15, -0.1) is 0 Å². The molecule has 2 aromatic carbocycles. The van der Waals surface area contributed by atoms with Crippen LogP contribution in [0.3, 0.4) is 0 Å². The molecule has 0 aliphatic heterocycles. The highest BCUT2D eigenvalue weighted by Gasteiger charge is 2.03. The number of H-pyrrole nitrogens is 1. The molecule has 1 aromatic heterocycles. The number of fused-ring (bicyclic) bond motifs is 1. The molecular formula is C16H14F2N2. The third kappa shape index (κ3) is 2.70. The molecule has 0 atom stereocenters. The summed E-state index contributed by atoms with van der Waals surface area (Å²) in [5.41, 5.74) is 2.82. The molecule has 0 spiro atoms. The van der Waals surface area contributed by atoms with E-state index in [2.05, 4.69) is 10.3 Å². The molecule has 20 heavy (non-hydrogen) atoms. The molecule has 2 nitrogen and oxygen atoms in total. The SMILES string of the molecule is Fc1cc(F)cc(CNCc2c[nH]c3ccccc23)c1. The van der Waals surface area contributed by atoms with Crippen LogP contribution in [-0.2, 0) is 13.1 Å². The number of hydrogen-bond acceptors (Lipinski definition) is 1. The highest BCUT2D eigenvalue weighted by molar-refractivity contribution is 5.82. The average Bonchev–Trinajstić information content (AvgIpc) is 2.81. The van der Waals surface area contributed by atoms with Gasteiger partial charge in [0.15, 0.2) is 0 Å². The van der Waals surface area contributed by atoms with Gasteiger partial charge in [0.2, 0.25) is 0 Å². The Morgan fingerprint density at radius 1 is 0.950 bits per heavy atom. The lowest BCUT2D eigenvalue weighted by atomic mass is 10.1. The number of halogens is 2. The van der Waals surface area contributed by atoms with Crippen molar-refractivity contribution in [3.63, 3.8) is 0 Å². The standard InChI is InChI=1S/C16H14F2N2/c17-13-5-11(6-14(18)7-13)8-19-9-12-10-20-16-4-2-1-3-15(12)16/h1-7,10,19-20H,8-9H2. The average molecular weight is 272 g/mol. The summed E-state index contributed by atoms with van der Waals surface area (Å²) in [7, 11) is 0. The number of nitrogens with one attached hydrogen (secondary N) is 2. The second-order valence-corrected chi connectivity index (χ2v) is 4.74. The molecule has 0 saturated heterocycles. The normalized spacial score (nSPS) is 11.1. The number of aromatic amines is 1. The van der Waals surface area contributed by atoms with E-state index in [1.807, 2.05) is 30.5 Å². The molecule has 2 N–H and O–H groups in total. The van der Waals surface area contributed by atoms with Gasteiger partial charge in [0.1, 0.15) is 11.6 Å². The zero-order valence-corrected chi connectivity index (χ0v) is 10.8. The van der Waals surface area contributed by atoms with Gasteiger partial charge in [-0.2, -0.15) is 0 Å². The fourth-order valence-corrected chi connectivity index (χ4v) is 2.33. The highest BCUT2D eigenvalue weighted by Crippen LogP contribution is 2.17. The lowest BCUT2D eigenvalue weighted by molar-refractivity contribution is 0.575. The van der Waals surface area contributed by atoms with E-state index in [0.717, 1.165) is 22.5 Å². The van der Waals surface area contributed by atoms with E-state index in [4.69, 9.17) is 0 Å². The summed E-state index contributed by atoms with van der Waals surface area (Å²) < 4.78 is 26.1. The first-order valence-corrected chi connectivity index (χ1v) is 6.43. The molecule has 3 aromatic rings. The third-order valence-electron chi connectivity index (χ3n) is 3.24. The second-order valence-electron chi connectivity index (χ2n) is 4.74. The zero-order valence-electron chi connectivity index (χ0n) is 10.8. The topological polar surface area (TPSA) is 27.8 Å². The molecule has 102 valence electrons. The summed E-state index contributed by atoms with van der Waals surface area (Å²) in [6.07, 6.45) is 1.95. The van der Waals surface area contributed by atoms with E-state index >= 15 is 0 Å². The maximum absolute atomic E-state index is 13.1. The van der Waals surface area contributed by atoms with Gasteiger partial charge in [0.05, 0.1) is 0 Å². The number of para-hydroxylation sites is 1. The van der Waals surface area contributed by atoms with Gasteiger partial charge < -0.3 is 10.3 Å². The molecule has 4 heteroatoms. The number of rotatable bonds is 4. The van der Waals surface area contributed by atoms with Crippen molar-refractivity contribution in [2.45, 2.75) is 13.1 Å².